The monoisotopic (exact) mass is 403 g/mol. The fraction of sp³-hybridized carbons (Fsp3) is 0.389. The molecule has 0 radical (unpaired) electrons. The third-order valence-corrected chi connectivity index (χ3v) is 5.09. The highest BCUT2D eigenvalue weighted by atomic mass is 32.2. The summed E-state index contributed by atoms with van der Waals surface area (Å²) in [5.41, 5.74) is 0.419. The Balaban J connectivity index is 1.76. The Hall–Kier alpha value is -2.88. The molecule has 1 aromatic heterocycles. The summed E-state index contributed by atoms with van der Waals surface area (Å²) in [5, 5.41) is 18.0. The minimum Gasteiger partial charge on any atom is -0.350 e. The number of nitrogens with zero attached hydrogens (tertiary/aromatic N) is 4. The van der Waals surface area contributed by atoms with Gasteiger partial charge < -0.3 is 10.2 Å². The molecule has 0 aliphatic carbocycles. The van der Waals surface area contributed by atoms with Crippen LogP contribution in [0, 0.1) is 10.1 Å². The van der Waals surface area contributed by atoms with Gasteiger partial charge in [0.25, 0.3) is 11.6 Å². The smallest absolute Gasteiger partial charge is 0.275 e. The van der Waals surface area contributed by atoms with E-state index < -0.39 is 11.0 Å². The molecule has 2 amide bonds. The second-order valence-corrected chi connectivity index (χ2v) is 8.45. The fourth-order valence-electron chi connectivity index (χ4n) is 2.77. The number of carbonyl (C=O) groups is 2. The zero-order valence-electron chi connectivity index (χ0n) is 15.8. The van der Waals surface area contributed by atoms with Crippen molar-refractivity contribution in [2.45, 2.75) is 32.4 Å². The second-order valence-electron chi connectivity index (χ2n) is 7.45. The van der Waals surface area contributed by atoms with E-state index in [0.29, 0.717) is 17.3 Å². The van der Waals surface area contributed by atoms with E-state index in [2.05, 4.69) is 10.4 Å². The van der Waals surface area contributed by atoms with Crippen molar-refractivity contribution in [3.05, 3.63) is 52.3 Å². The van der Waals surface area contributed by atoms with Gasteiger partial charge in [-0.05, 0) is 39.0 Å². The summed E-state index contributed by atoms with van der Waals surface area (Å²) in [5.74, 6) is 0.461. The van der Waals surface area contributed by atoms with Crippen molar-refractivity contribution >= 4 is 29.3 Å². The minimum atomic E-state index is -0.541. The quantitative estimate of drug-likeness (QED) is 0.619. The van der Waals surface area contributed by atoms with Gasteiger partial charge in [-0.15, -0.1) is 11.8 Å². The van der Waals surface area contributed by atoms with Gasteiger partial charge >= 0.3 is 0 Å². The number of amides is 2. The summed E-state index contributed by atoms with van der Waals surface area (Å²) in [6.45, 7) is 5.68. The molecule has 1 aromatic carbocycles. The number of carbonyl (C=O) groups excluding carboxylic acids is 2. The Morgan fingerprint density at radius 3 is 2.54 bits per heavy atom. The molecular weight excluding hydrogens is 382 g/mol. The molecule has 1 aliphatic heterocycles. The van der Waals surface area contributed by atoms with Crippen LogP contribution >= 0.6 is 11.8 Å². The van der Waals surface area contributed by atoms with Gasteiger partial charge in [-0.1, -0.05) is 0 Å². The number of hydrogen-bond donors (Lipinski definition) is 1. The lowest BCUT2D eigenvalue weighted by Crippen LogP contribution is -2.52. The minimum absolute atomic E-state index is 0.0194. The number of non-ortho nitro benzene ring substituents is 1. The zero-order chi connectivity index (χ0) is 20.5. The van der Waals surface area contributed by atoms with E-state index in [1.54, 1.807) is 24.4 Å². The standard InChI is InChI=1S/C18H21N5O4S/c1-18(2,3)19-16(24)15-10-28-11-21(15)17(25)14-8-9-22(20-14)12-4-6-13(7-5-12)23(26)27/h4-9,15H,10-11H2,1-3H3,(H,19,24). The maximum absolute atomic E-state index is 12.9. The second kappa shape index (κ2) is 7.63. The first kappa shape index (κ1) is 19.9. The molecule has 10 heteroatoms. The predicted octanol–water partition coefficient (Wildman–Crippen LogP) is 2.21. The lowest BCUT2D eigenvalue weighted by atomic mass is 10.1. The zero-order valence-corrected chi connectivity index (χ0v) is 16.6. The van der Waals surface area contributed by atoms with Crippen LogP contribution in [0.4, 0.5) is 5.69 Å². The summed E-state index contributed by atoms with van der Waals surface area (Å²) in [4.78, 5) is 37.2. The maximum Gasteiger partial charge on any atom is 0.275 e. The van der Waals surface area contributed by atoms with E-state index in [-0.39, 0.29) is 28.7 Å². The van der Waals surface area contributed by atoms with Crippen LogP contribution < -0.4 is 5.32 Å². The molecule has 1 fully saturated rings. The topological polar surface area (TPSA) is 110 Å². The van der Waals surface area contributed by atoms with E-state index in [1.165, 1.54) is 33.5 Å². The van der Waals surface area contributed by atoms with Gasteiger partial charge in [0.1, 0.15) is 6.04 Å². The summed E-state index contributed by atoms with van der Waals surface area (Å²) >= 11 is 1.52. The Morgan fingerprint density at radius 2 is 1.93 bits per heavy atom. The van der Waals surface area contributed by atoms with Crippen LogP contribution in [0.1, 0.15) is 31.3 Å². The SMILES string of the molecule is CC(C)(C)NC(=O)C1CSCN1C(=O)c1ccn(-c2ccc([N+](=O)[O-])cc2)n1. The summed E-state index contributed by atoms with van der Waals surface area (Å²) in [6.07, 6.45) is 1.61. The number of nitro groups is 1. The van der Waals surface area contributed by atoms with Crippen molar-refractivity contribution < 1.29 is 14.5 Å². The Kier molecular flexibility index (Phi) is 5.41. The molecule has 1 N–H and O–H groups in total. The van der Waals surface area contributed by atoms with Gasteiger partial charge in [0.15, 0.2) is 5.69 Å². The predicted molar refractivity (Wildman–Crippen MR) is 105 cm³/mol. The third kappa shape index (κ3) is 4.33. The summed E-state index contributed by atoms with van der Waals surface area (Å²) in [6, 6.07) is 6.91. The normalized spacial score (nSPS) is 16.8. The molecule has 2 aromatic rings. The lowest BCUT2D eigenvalue weighted by Gasteiger charge is -2.27. The third-order valence-electron chi connectivity index (χ3n) is 4.08. The van der Waals surface area contributed by atoms with Crippen molar-refractivity contribution in [3.63, 3.8) is 0 Å². The number of benzene rings is 1. The molecule has 3 rings (SSSR count). The van der Waals surface area contributed by atoms with Gasteiger partial charge in [-0.25, -0.2) is 4.68 Å². The molecule has 1 saturated heterocycles. The van der Waals surface area contributed by atoms with Crippen LogP contribution in [0.2, 0.25) is 0 Å². The first-order valence-electron chi connectivity index (χ1n) is 8.67. The van der Waals surface area contributed by atoms with E-state index in [1.807, 2.05) is 20.8 Å². The Morgan fingerprint density at radius 1 is 1.25 bits per heavy atom. The summed E-state index contributed by atoms with van der Waals surface area (Å²) < 4.78 is 1.48. The van der Waals surface area contributed by atoms with E-state index in [0.717, 1.165) is 0 Å². The van der Waals surface area contributed by atoms with Gasteiger partial charge in [0.2, 0.25) is 5.91 Å². The van der Waals surface area contributed by atoms with Crippen molar-refractivity contribution in [2.24, 2.45) is 0 Å². The number of nitro benzene ring substituents is 1. The van der Waals surface area contributed by atoms with Crippen LogP contribution in [-0.4, -0.2) is 54.6 Å². The van der Waals surface area contributed by atoms with Gasteiger partial charge in [-0.3, -0.25) is 19.7 Å². The molecule has 28 heavy (non-hydrogen) atoms. The molecule has 0 saturated carbocycles. The number of rotatable bonds is 4. The number of aromatic nitrogens is 2. The average molecular weight is 403 g/mol. The van der Waals surface area contributed by atoms with Crippen molar-refractivity contribution in [2.75, 3.05) is 11.6 Å². The Bertz CT molecular complexity index is 903. The van der Waals surface area contributed by atoms with E-state index >= 15 is 0 Å². The molecule has 0 spiro atoms. The fourth-order valence-corrected chi connectivity index (χ4v) is 3.92. The van der Waals surface area contributed by atoms with Gasteiger partial charge in [0.05, 0.1) is 16.5 Å². The molecule has 1 atom stereocenters. The first-order chi connectivity index (χ1) is 13.2. The highest BCUT2D eigenvalue weighted by molar-refractivity contribution is 7.99. The maximum atomic E-state index is 12.9. The first-order valence-corrected chi connectivity index (χ1v) is 9.82. The van der Waals surface area contributed by atoms with Crippen molar-refractivity contribution in [3.8, 4) is 5.69 Å². The molecule has 0 bridgehead atoms. The lowest BCUT2D eigenvalue weighted by molar-refractivity contribution is -0.384. The van der Waals surface area contributed by atoms with Crippen molar-refractivity contribution in [1.82, 2.24) is 20.0 Å². The van der Waals surface area contributed by atoms with E-state index in [9.17, 15) is 19.7 Å². The van der Waals surface area contributed by atoms with Crippen molar-refractivity contribution in [1.29, 1.82) is 0 Å². The highest BCUT2D eigenvalue weighted by Gasteiger charge is 2.37. The molecule has 148 valence electrons. The average Bonchev–Trinajstić information content (AvgIpc) is 3.29. The molecular formula is C18H21N5O4S. The molecule has 2 heterocycles. The Labute approximate surface area is 166 Å². The van der Waals surface area contributed by atoms with Gasteiger partial charge in [-0.2, -0.15) is 5.10 Å². The van der Waals surface area contributed by atoms with Gasteiger partial charge in [0, 0.05) is 29.6 Å². The van der Waals surface area contributed by atoms with Crippen LogP contribution in [-0.2, 0) is 4.79 Å². The largest absolute Gasteiger partial charge is 0.350 e. The number of nitrogens with one attached hydrogen (secondary N) is 1. The molecule has 1 unspecified atom stereocenters. The summed E-state index contributed by atoms with van der Waals surface area (Å²) in [7, 11) is 0. The van der Waals surface area contributed by atoms with Crippen LogP contribution in [0.5, 0.6) is 0 Å². The van der Waals surface area contributed by atoms with Crippen LogP contribution in [0.3, 0.4) is 0 Å². The molecule has 9 nitrogen and oxygen atoms in total. The van der Waals surface area contributed by atoms with Crippen LogP contribution in [0.15, 0.2) is 36.5 Å². The number of hydrogen-bond acceptors (Lipinski definition) is 6. The highest BCUT2D eigenvalue weighted by Crippen LogP contribution is 2.24. The number of thioether (sulfide) groups is 1. The van der Waals surface area contributed by atoms with E-state index in [4.69, 9.17) is 0 Å². The molecule has 1 aliphatic rings. The van der Waals surface area contributed by atoms with Crippen LogP contribution in [0.25, 0.3) is 5.69 Å².